The SMILES string of the molecule is CCC1(c2ccccc2)NC(N)=NC(N)N1. The molecule has 0 saturated heterocycles. The number of guanidine groups is 1. The second-order valence-corrected chi connectivity index (χ2v) is 3.85. The minimum atomic E-state index is -0.471. The lowest BCUT2D eigenvalue weighted by Crippen LogP contribution is -2.65. The quantitative estimate of drug-likeness (QED) is 0.563. The average molecular weight is 219 g/mol. The van der Waals surface area contributed by atoms with Crippen LogP contribution in [0.1, 0.15) is 18.9 Å². The molecule has 6 N–H and O–H groups in total. The van der Waals surface area contributed by atoms with Crippen LogP contribution in [0.2, 0.25) is 0 Å². The Kier molecular flexibility index (Phi) is 2.80. The highest BCUT2D eigenvalue weighted by molar-refractivity contribution is 5.79. The summed E-state index contributed by atoms with van der Waals surface area (Å²) in [6.45, 7) is 2.07. The Morgan fingerprint density at radius 2 is 2.06 bits per heavy atom. The third-order valence-corrected chi connectivity index (χ3v) is 2.81. The first-order valence-electron chi connectivity index (χ1n) is 5.36. The van der Waals surface area contributed by atoms with Crippen LogP contribution in [0.4, 0.5) is 0 Å². The Morgan fingerprint density at radius 3 is 2.62 bits per heavy atom. The zero-order chi connectivity index (χ0) is 11.6. The number of nitrogens with two attached hydrogens (primary N) is 2. The van der Waals surface area contributed by atoms with Crippen molar-refractivity contribution in [2.75, 3.05) is 0 Å². The highest BCUT2D eigenvalue weighted by Crippen LogP contribution is 2.23. The molecular formula is C11H17N5. The first-order chi connectivity index (χ1) is 7.66. The zero-order valence-electron chi connectivity index (χ0n) is 9.27. The van der Waals surface area contributed by atoms with E-state index < -0.39 is 12.0 Å². The number of nitrogens with one attached hydrogen (secondary N) is 2. The predicted molar refractivity (Wildman–Crippen MR) is 64.3 cm³/mol. The molecule has 1 aliphatic rings. The van der Waals surface area contributed by atoms with Crippen LogP contribution in [0.5, 0.6) is 0 Å². The summed E-state index contributed by atoms with van der Waals surface area (Å²) in [6, 6.07) is 10.0. The predicted octanol–water partition coefficient (Wildman–Crippen LogP) is -0.000800. The molecule has 2 rings (SSSR count). The molecule has 5 nitrogen and oxygen atoms in total. The van der Waals surface area contributed by atoms with Crippen molar-refractivity contribution in [1.82, 2.24) is 10.6 Å². The van der Waals surface area contributed by atoms with E-state index in [9.17, 15) is 0 Å². The van der Waals surface area contributed by atoms with E-state index in [0.717, 1.165) is 12.0 Å². The molecule has 0 fully saturated rings. The van der Waals surface area contributed by atoms with E-state index >= 15 is 0 Å². The fraction of sp³-hybridized carbons (Fsp3) is 0.364. The van der Waals surface area contributed by atoms with E-state index in [1.54, 1.807) is 0 Å². The lowest BCUT2D eigenvalue weighted by molar-refractivity contribution is 0.241. The molecule has 0 bridgehead atoms. The average Bonchev–Trinajstić information content (AvgIpc) is 2.29. The maximum Gasteiger partial charge on any atom is 0.193 e. The third kappa shape index (κ3) is 1.87. The van der Waals surface area contributed by atoms with Gasteiger partial charge < -0.3 is 11.1 Å². The van der Waals surface area contributed by atoms with E-state index in [2.05, 4.69) is 22.5 Å². The molecule has 86 valence electrons. The maximum atomic E-state index is 5.80. The van der Waals surface area contributed by atoms with Gasteiger partial charge in [-0.05, 0) is 12.0 Å². The van der Waals surface area contributed by atoms with Crippen molar-refractivity contribution in [2.45, 2.75) is 25.3 Å². The monoisotopic (exact) mass is 219 g/mol. The molecule has 0 aliphatic carbocycles. The summed E-state index contributed by atoms with van der Waals surface area (Å²) in [5.74, 6) is 0.372. The van der Waals surface area contributed by atoms with Crippen molar-refractivity contribution in [3.05, 3.63) is 35.9 Å². The van der Waals surface area contributed by atoms with Gasteiger partial charge >= 0.3 is 0 Å². The van der Waals surface area contributed by atoms with Gasteiger partial charge in [-0.2, -0.15) is 0 Å². The maximum absolute atomic E-state index is 5.80. The molecule has 1 aromatic rings. The molecule has 0 amide bonds. The number of hydrogen-bond acceptors (Lipinski definition) is 5. The summed E-state index contributed by atoms with van der Waals surface area (Å²) in [7, 11) is 0. The third-order valence-electron chi connectivity index (χ3n) is 2.81. The number of hydrogen-bond donors (Lipinski definition) is 4. The molecule has 0 aromatic heterocycles. The van der Waals surface area contributed by atoms with Gasteiger partial charge in [0, 0.05) is 0 Å². The summed E-state index contributed by atoms with van der Waals surface area (Å²) in [4.78, 5) is 4.00. The first-order valence-corrected chi connectivity index (χ1v) is 5.36. The Bertz CT molecular complexity index is 389. The van der Waals surface area contributed by atoms with Crippen LogP contribution in [0, 0.1) is 0 Å². The van der Waals surface area contributed by atoms with Crippen LogP contribution in [0.25, 0.3) is 0 Å². The van der Waals surface area contributed by atoms with E-state index in [4.69, 9.17) is 11.5 Å². The molecule has 0 saturated carbocycles. The highest BCUT2D eigenvalue weighted by atomic mass is 15.4. The van der Waals surface area contributed by atoms with Crippen LogP contribution >= 0.6 is 0 Å². The van der Waals surface area contributed by atoms with E-state index in [1.165, 1.54) is 0 Å². The second-order valence-electron chi connectivity index (χ2n) is 3.85. The lowest BCUT2D eigenvalue weighted by Gasteiger charge is -2.40. The Hall–Kier alpha value is -1.59. The van der Waals surface area contributed by atoms with E-state index in [1.807, 2.05) is 30.3 Å². The minimum Gasteiger partial charge on any atom is -0.370 e. The lowest BCUT2D eigenvalue weighted by atomic mass is 9.96. The number of nitrogens with zero attached hydrogens (tertiary/aromatic N) is 1. The van der Waals surface area contributed by atoms with Crippen LogP contribution in [-0.4, -0.2) is 12.2 Å². The van der Waals surface area contributed by atoms with Gasteiger partial charge in [-0.1, -0.05) is 37.3 Å². The molecule has 1 heterocycles. The number of benzene rings is 1. The highest BCUT2D eigenvalue weighted by Gasteiger charge is 2.34. The largest absolute Gasteiger partial charge is 0.370 e. The van der Waals surface area contributed by atoms with Crippen LogP contribution in [-0.2, 0) is 5.66 Å². The smallest absolute Gasteiger partial charge is 0.193 e. The van der Waals surface area contributed by atoms with Gasteiger partial charge in [0.2, 0.25) is 0 Å². The minimum absolute atomic E-state index is 0.372. The van der Waals surface area contributed by atoms with Crippen LogP contribution in [0.15, 0.2) is 35.3 Å². The van der Waals surface area contributed by atoms with Crippen molar-refractivity contribution in [3.8, 4) is 0 Å². The summed E-state index contributed by atoms with van der Waals surface area (Å²) in [5.41, 5.74) is 12.2. The number of aliphatic imine (C=N–C) groups is 1. The molecule has 0 spiro atoms. The molecule has 1 aliphatic heterocycles. The molecule has 5 heteroatoms. The van der Waals surface area contributed by atoms with Crippen molar-refractivity contribution >= 4 is 5.96 Å². The van der Waals surface area contributed by atoms with Gasteiger partial charge in [0.1, 0.15) is 5.66 Å². The topological polar surface area (TPSA) is 88.5 Å². The molecule has 2 atom stereocenters. The summed E-state index contributed by atoms with van der Waals surface area (Å²) >= 11 is 0. The van der Waals surface area contributed by atoms with Gasteiger partial charge in [0.25, 0.3) is 0 Å². The summed E-state index contributed by atoms with van der Waals surface area (Å²) < 4.78 is 0. The molecule has 16 heavy (non-hydrogen) atoms. The summed E-state index contributed by atoms with van der Waals surface area (Å²) in [6.07, 6.45) is 0.349. The van der Waals surface area contributed by atoms with Crippen molar-refractivity contribution in [1.29, 1.82) is 0 Å². The van der Waals surface area contributed by atoms with Crippen molar-refractivity contribution in [2.24, 2.45) is 16.5 Å². The van der Waals surface area contributed by atoms with E-state index in [0.29, 0.717) is 5.96 Å². The number of rotatable bonds is 2. The van der Waals surface area contributed by atoms with Gasteiger partial charge in [-0.25, -0.2) is 4.99 Å². The van der Waals surface area contributed by atoms with Crippen LogP contribution in [0.3, 0.4) is 0 Å². The van der Waals surface area contributed by atoms with Gasteiger partial charge in [-0.3, -0.25) is 11.1 Å². The molecule has 0 radical (unpaired) electrons. The Morgan fingerprint density at radius 1 is 1.38 bits per heavy atom. The van der Waals surface area contributed by atoms with Crippen molar-refractivity contribution in [3.63, 3.8) is 0 Å². The first kappa shape index (κ1) is 10.9. The summed E-state index contributed by atoms with van der Waals surface area (Å²) in [5, 5.41) is 6.39. The standard InChI is InChI=1S/C11H17N5/c1-2-11(8-6-4-3-5-7-8)15-9(12)14-10(13)16-11/h3-7,9,15H,2,12H2,1H3,(H3,13,14,16). The van der Waals surface area contributed by atoms with Gasteiger partial charge in [0.15, 0.2) is 12.2 Å². The zero-order valence-corrected chi connectivity index (χ0v) is 9.27. The van der Waals surface area contributed by atoms with Gasteiger partial charge in [-0.15, -0.1) is 0 Å². The molecule has 1 aromatic carbocycles. The normalized spacial score (nSPS) is 29.4. The molecular weight excluding hydrogens is 202 g/mol. The Labute approximate surface area is 94.9 Å². The van der Waals surface area contributed by atoms with E-state index in [-0.39, 0.29) is 0 Å². The Balaban J connectivity index is 2.38. The fourth-order valence-corrected chi connectivity index (χ4v) is 1.99. The van der Waals surface area contributed by atoms with Crippen LogP contribution < -0.4 is 22.1 Å². The molecule has 2 unspecified atom stereocenters. The van der Waals surface area contributed by atoms with Gasteiger partial charge in [0.05, 0.1) is 0 Å². The van der Waals surface area contributed by atoms with Crippen molar-refractivity contribution < 1.29 is 0 Å². The second kappa shape index (κ2) is 4.11. The fourth-order valence-electron chi connectivity index (χ4n) is 1.99.